The quantitative estimate of drug-likeness (QED) is 0.773. The fraction of sp³-hybridized carbons (Fsp3) is 0.538. The van der Waals surface area contributed by atoms with Gasteiger partial charge in [-0.25, -0.2) is 0 Å². The molecule has 7 heteroatoms. The molecule has 0 spiro atoms. The first-order valence-corrected chi connectivity index (χ1v) is 6.63. The number of hydrogen-bond donors (Lipinski definition) is 2. The van der Waals surface area contributed by atoms with E-state index < -0.39 is 0 Å². The highest BCUT2D eigenvalue weighted by molar-refractivity contribution is 5.91. The van der Waals surface area contributed by atoms with Crippen LogP contribution >= 0.6 is 0 Å². The molecular weight excluding hydrogens is 262 g/mol. The van der Waals surface area contributed by atoms with Crippen LogP contribution in [0, 0.1) is 0 Å². The van der Waals surface area contributed by atoms with Crippen molar-refractivity contribution in [2.75, 3.05) is 32.8 Å². The van der Waals surface area contributed by atoms with Crippen molar-refractivity contribution in [3.05, 3.63) is 23.7 Å². The van der Waals surface area contributed by atoms with Gasteiger partial charge in [-0.05, 0) is 12.1 Å². The predicted octanol–water partition coefficient (Wildman–Crippen LogP) is -0.283. The van der Waals surface area contributed by atoms with E-state index in [2.05, 4.69) is 5.32 Å². The average Bonchev–Trinajstić information content (AvgIpc) is 2.97. The largest absolute Gasteiger partial charge is 0.455 e. The molecule has 0 atom stereocenters. The van der Waals surface area contributed by atoms with Gasteiger partial charge in [0, 0.05) is 26.1 Å². The molecule has 0 bridgehead atoms. The second-order valence-electron chi connectivity index (χ2n) is 4.47. The lowest BCUT2D eigenvalue weighted by Gasteiger charge is -2.26. The summed E-state index contributed by atoms with van der Waals surface area (Å²) in [5, 5.41) is 2.65. The van der Waals surface area contributed by atoms with E-state index >= 15 is 0 Å². The van der Waals surface area contributed by atoms with Crippen LogP contribution in [-0.4, -0.2) is 49.6 Å². The minimum absolute atomic E-state index is 0.0238. The monoisotopic (exact) mass is 281 g/mol. The molecular formula is C13H19N3O4. The third kappa shape index (κ3) is 3.82. The van der Waals surface area contributed by atoms with Crippen LogP contribution in [0.15, 0.2) is 16.5 Å². The van der Waals surface area contributed by atoms with Crippen LogP contribution in [0.1, 0.15) is 22.7 Å². The summed E-state index contributed by atoms with van der Waals surface area (Å²) in [6.45, 7) is 2.92. The molecule has 2 rings (SSSR count). The Morgan fingerprint density at radius 2 is 2.05 bits per heavy atom. The number of hydrogen-bond acceptors (Lipinski definition) is 5. The van der Waals surface area contributed by atoms with E-state index in [0.717, 1.165) is 0 Å². The van der Waals surface area contributed by atoms with E-state index in [1.165, 1.54) is 0 Å². The van der Waals surface area contributed by atoms with Crippen LogP contribution in [0.3, 0.4) is 0 Å². The Bertz CT molecular complexity index is 466. The molecule has 1 aliphatic rings. The Hall–Kier alpha value is -1.86. The second kappa shape index (κ2) is 7.06. The number of amides is 2. The molecule has 110 valence electrons. The van der Waals surface area contributed by atoms with Crippen LogP contribution in [0.4, 0.5) is 0 Å². The van der Waals surface area contributed by atoms with E-state index in [-0.39, 0.29) is 37.1 Å². The molecule has 0 unspecified atom stereocenters. The van der Waals surface area contributed by atoms with Crippen molar-refractivity contribution in [2.45, 2.75) is 13.0 Å². The molecule has 2 amide bonds. The van der Waals surface area contributed by atoms with Gasteiger partial charge in [-0.2, -0.15) is 0 Å². The van der Waals surface area contributed by atoms with Crippen molar-refractivity contribution in [2.24, 2.45) is 5.73 Å². The summed E-state index contributed by atoms with van der Waals surface area (Å²) in [5.41, 5.74) is 5.40. The molecule has 0 saturated carbocycles. The molecule has 1 saturated heterocycles. The van der Waals surface area contributed by atoms with Gasteiger partial charge in [-0.3, -0.25) is 9.59 Å². The number of nitrogens with zero attached hydrogens (tertiary/aromatic N) is 1. The van der Waals surface area contributed by atoms with E-state index in [4.69, 9.17) is 14.9 Å². The van der Waals surface area contributed by atoms with Gasteiger partial charge in [0.15, 0.2) is 5.76 Å². The molecule has 7 nitrogen and oxygen atoms in total. The smallest absolute Gasteiger partial charge is 0.287 e. The minimum Gasteiger partial charge on any atom is -0.455 e. The van der Waals surface area contributed by atoms with Crippen molar-refractivity contribution in [3.63, 3.8) is 0 Å². The summed E-state index contributed by atoms with van der Waals surface area (Å²) in [5.74, 6) is 0.457. The van der Waals surface area contributed by atoms with Crippen molar-refractivity contribution in [1.29, 1.82) is 0 Å². The fourth-order valence-corrected chi connectivity index (χ4v) is 1.95. The Morgan fingerprint density at radius 1 is 1.30 bits per heavy atom. The van der Waals surface area contributed by atoms with Crippen LogP contribution in [0.2, 0.25) is 0 Å². The van der Waals surface area contributed by atoms with Crippen molar-refractivity contribution in [3.8, 4) is 0 Å². The summed E-state index contributed by atoms with van der Waals surface area (Å²) >= 11 is 0. The lowest BCUT2D eigenvalue weighted by molar-refractivity contribution is -0.135. The molecule has 1 fully saturated rings. The Morgan fingerprint density at radius 3 is 2.70 bits per heavy atom. The number of morpholine rings is 1. The maximum Gasteiger partial charge on any atom is 0.287 e. The van der Waals surface area contributed by atoms with E-state index in [1.54, 1.807) is 17.0 Å². The third-order valence-electron chi connectivity index (χ3n) is 3.07. The molecule has 0 radical (unpaired) electrons. The van der Waals surface area contributed by atoms with Gasteiger partial charge in [0.2, 0.25) is 5.91 Å². The van der Waals surface area contributed by atoms with Crippen LogP contribution in [0.5, 0.6) is 0 Å². The first-order chi connectivity index (χ1) is 9.70. The first kappa shape index (κ1) is 14.5. The van der Waals surface area contributed by atoms with Crippen molar-refractivity contribution < 1.29 is 18.7 Å². The van der Waals surface area contributed by atoms with Crippen LogP contribution < -0.4 is 11.1 Å². The second-order valence-corrected chi connectivity index (χ2v) is 4.47. The summed E-state index contributed by atoms with van der Waals surface area (Å²) in [4.78, 5) is 25.3. The van der Waals surface area contributed by atoms with E-state index in [0.29, 0.717) is 32.1 Å². The van der Waals surface area contributed by atoms with Gasteiger partial charge < -0.3 is 25.1 Å². The molecule has 2 heterocycles. The molecule has 1 aromatic heterocycles. The van der Waals surface area contributed by atoms with Gasteiger partial charge in [0.25, 0.3) is 5.91 Å². The SMILES string of the molecule is NCc1ccc(C(=O)NCCC(=O)N2CCOCC2)o1. The zero-order chi connectivity index (χ0) is 14.4. The predicted molar refractivity (Wildman–Crippen MR) is 70.9 cm³/mol. The minimum atomic E-state index is -0.334. The zero-order valence-corrected chi connectivity index (χ0v) is 11.3. The molecule has 1 aromatic rings. The number of carbonyl (C=O) groups excluding carboxylic acids is 2. The Balaban J connectivity index is 1.72. The number of carbonyl (C=O) groups is 2. The summed E-state index contributed by atoms with van der Waals surface area (Å²) in [6.07, 6.45) is 0.274. The lowest BCUT2D eigenvalue weighted by Crippen LogP contribution is -2.42. The average molecular weight is 281 g/mol. The summed E-state index contributed by atoms with van der Waals surface area (Å²) in [7, 11) is 0. The molecule has 0 aromatic carbocycles. The van der Waals surface area contributed by atoms with Gasteiger partial charge in [-0.1, -0.05) is 0 Å². The maximum absolute atomic E-state index is 11.8. The highest BCUT2D eigenvalue weighted by Gasteiger charge is 2.17. The number of furan rings is 1. The maximum atomic E-state index is 11.8. The summed E-state index contributed by atoms with van der Waals surface area (Å²) in [6, 6.07) is 3.23. The van der Waals surface area contributed by atoms with Crippen LogP contribution in [0.25, 0.3) is 0 Å². The van der Waals surface area contributed by atoms with Gasteiger partial charge in [0.1, 0.15) is 5.76 Å². The number of nitrogens with one attached hydrogen (secondary N) is 1. The number of ether oxygens (including phenoxy) is 1. The molecule has 20 heavy (non-hydrogen) atoms. The van der Waals surface area contributed by atoms with Gasteiger partial charge >= 0.3 is 0 Å². The molecule has 1 aliphatic heterocycles. The van der Waals surface area contributed by atoms with Crippen molar-refractivity contribution >= 4 is 11.8 Å². The summed E-state index contributed by atoms with van der Waals surface area (Å²) < 4.78 is 10.4. The lowest BCUT2D eigenvalue weighted by atomic mass is 10.3. The standard InChI is InChI=1S/C13H19N3O4/c14-9-10-1-2-11(20-10)13(18)15-4-3-12(17)16-5-7-19-8-6-16/h1-2H,3-9,14H2,(H,15,18). The Kier molecular flexibility index (Phi) is 5.14. The van der Waals surface area contributed by atoms with Gasteiger partial charge in [-0.15, -0.1) is 0 Å². The molecule has 0 aliphatic carbocycles. The van der Waals surface area contributed by atoms with E-state index in [1.807, 2.05) is 0 Å². The topological polar surface area (TPSA) is 97.8 Å². The van der Waals surface area contributed by atoms with Gasteiger partial charge in [0.05, 0.1) is 19.8 Å². The van der Waals surface area contributed by atoms with E-state index in [9.17, 15) is 9.59 Å². The highest BCUT2D eigenvalue weighted by Crippen LogP contribution is 2.06. The van der Waals surface area contributed by atoms with Crippen molar-refractivity contribution in [1.82, 2.24) is 10.2 Å². The Labute approximate surface area is 117 Å². The van der Waals surface area contributed by atoms with Crippen LogP contribution in [-0.2, 0) is 16.1 Å². The number of rotatable bonds is 5. The number of nitrogens with two attached hydrogens (primary N) is 1. The third-order valence-corrected chi connectivity index (χ3v) is 3.07. The molecule has 3 N–H and O–H groups in total. The fourth-order valence-electron chi connectivity index (χ4n) is 1.95. The normalized spacial score (nSPS) is 15.2. The first-order valence-electron chi connectivity index (χ1n) is 6.63. The zero-order valence-electron chi connectivity index (χ0n) is 11.3. The highest BCUT2D eigenvalue weighted by atomic mass is 16.5.